The van der Waals surface area contributed by atoms with Gasteiger partial charge in [-0.3, -0.25) is 14.4 Å². The van der Waals surface area contributed by atoms with Gasteiger partial charge in [0.2, 0.25) is 17.3 Å². The van der Waals surface area contributed by atoms with Gasteiger partial charge in [-0.05, 0) is 55.8 Å². The first-order valence-electron chi connectivity index (χ1n) is 10.4. The summed E-state index contributed by atoms with van der Waals surface area (Å²) < 4.78 is 43.3. The molecule has 0 spiro atoms. The Morgan fingerprint density at radius 3 is 2.00 bits per heavy atom. The average Bonchev–Trinajstić information content (AvgIpc) is 2.78. The van der Waals surface area contributed by atoms with Crippen LogP contribution in [0.4, 0.5) is 18.9 Å². The van der Waals surface area contributed by atoms with E-state index in [4.69, 9.17) is 23.2 Å². The Kier molecular flexibility index (Phi) is 9.14. The second-order valence-electron chi connectivity index (χ2n) is 8.47. The van der Waals surface area contributed by atoms with Crippen LogP contribution in [0.2, 0.25) is 10.0 Å². The smallest absolute Gasteiger partial charge is 0.427 e. The third kappa shape index (κ3) is 7.20. The predicted molar refractivity (Wildman–Crippen MR) is 128 cm³/mol. The summed E-state index contributed by atoms with van der Waals surface area (Å²) >= 11 is 12.0. The monoisotopic (exact) mass is 546 g/mol. The second kappa shape index (κ2) is 11.3. The summed E-state index contributed by atoms with van der Waals surface area (Å²) in [7, 11) is 3.14. The van der Waals surface area contributed by atoms with Crippen LogP contribution in [0.15, 0.2) is 42.5 Å². The topological polar surface area (TPSA) is 84.0 Å². The molecule has 2 aromatic carbocycles. The van der Waals surface area contributed by atoms with Crippen LogP contribution in [0, 0.1) is 0 Å². The maximum atomic E-state index is 13.0. The molecule has 2 aromatic rings. The highest BCUT2D eigenvalue weighted by atomic mass is 35.5. The lowest BCUT2D eigenvalue weighted by Crippen LogP contribution is -2.45. The van der Waals surface area contributed by atoms with E-state index in [0.29, 0.717) is 25.0 Å². The van der Waals surface area contributed by atoms with E-state index in [1.54, 1.807) is 20.2 Å². The first kappa shape index (κ1) is 29.1. The van der Waals surface area contributed by atoms with Gasteiger partial charge in [-0.15, -0.1) is 0 Å². The Labute approximate surface area is 215 Å². The van der Waals surface area contributed by atoms with E-state index >= 15 is 0 Å². The van der Waals surface area contributed by atoms with Gasteiger partial charge in [-0.1, -0.05) is 29.3 Å². The lowest BCUT2D eigenvalue weighted by molar-refractivity contribution is -0.256. The molecule has 2 rings (SSSR count). The van der Waals surface area contributed by atoms with Gasteiger partial charge in [0.05, 0.1) is 23.0 Å². The van der Waals surface area contributed by atoms with E-state index in [9.17, 15) is 32.3 Å². The maximum Gasteiger partial charge on any atom is 0.427 e. The number of halogens is 5. The van der Waals surface area contributed by atoms with Crippen LogP contribution in [0.5, 0.6) is 0 Å². The van der Waals surface area contributed by atoms with Crippen LogP contribution < -0.4 is 4.90 Å². The fourth-order valence-electron chi connectivity index (χ4n) is 2.84. The summed E-state index contributed by atoms with van der Waals surface area (Å²) in [5.41, 5.74) is -1.81. The summed E-state index contributed by atoms with van der Waals surface area (Å²) in [6, 6.07) is 10.4. The van der Waals surface area contributed by atoms with Crippen molar-refractivity contribution in [1.82, 2.24) is 4.90 Å². The minimum Gasteiger partial charge on any atom is -0.444 e. The number of anilines is 1. The van der Waals surface area contributed by atoms with Gasteiger partial charge in [-0.25, -0.2) is 4.79 Å². The molecule has 0 aliphatic carbocycles. The van der Waals surface area contributed by atoms with Gasteiger partial charge < -0.3 is 14.5 Å². The maximum absolute atomic E-state index is 13.0. The Morgan fingerprint density at radius 1 is 0.917 bits per heavy atom. The fraction of sp³-hybridized carbons (Fsp3) is 0.333. The van der Waals surface area contributed by atoms with Gasteiger partial charge in [0.15, 0.2) is 0 Å². The Bertz CT molecular complexity index is 1170. The zero-order chi connectivity index (χ0) is 27.4. The second-order valence-corrected chi connectivity index (χ2v) is 9.29. The lowest BCUT2D eigenvalue weighted by Gasteiger charge is -2.27. The van der Waals surface area contributed by atoms with Crippen molar-refractivity contribution in [2.24, 2.45) is 0 Å². The standard InChI is InChI=1S/C24H23Cl2F3N2O5/c1-23(2,24(27,28)29)36-22(35)19(32)12-20(33)31(13-14-5-10-17(25)18(26)11-14)16-8-6-15(7-9-16)21(34)30(3)4/h5-11H,12-13H2,1-4H3. The Balaban J connectivity index is 2.32. The molecule has 194 valence electrons. The lowest BCUT2D eigenvalue weighted by atomic mass is 10.1. The molecule has 0 fully saturated rings. The van der Waals surface area contributed by atoms with Crippen molar-refractivity contribution in [1.29, 1.82) is 0 Å². The van der Waals surface area contributed by atoms with Crippen LogP contribution in [-0.4, -0.2) is 54.3 Å². The molecule has 0 aromatic heterocycles. The molecule has 0 saturated carbocycles. The summed E-state index contributed by atoms with van der Waals surface area (Å²) in [6.07, 6.45) is -5.97. The summed E-state index contributed by atoms with van der Waals surface area (Å²) in [5, 5.41) is 0.484. The van der Waals surface area contributed by atoms with E-state index in [2.05, 4.69) is 4.74 Å². The number of Topliss-reactive ketones (excluding diaryl/α,β-unsaturated/α-hetero) is 1. The van der Waals surface area contributed by atoms with Crippen LogP contribution in [0.25, 0.3) is 0 Å². The summed E-state index contributed by atoms with van der Waals surface area (Å²) in [4.78, 5) is 52.0. The molecule has 2 amide bonds. The van der Waals surface area contributed by atoms with E-state index in [0.717, 1.165) is 4.90 Å². The third-order valence-electron chi connectivity index (χ3n) is 5.03. The van der Waals surface area contributed by atoms with Crippen molar-refractivity contribution in [3.63, 3.8) is 0 Å². The van der Waals surface area contributed by atoms with Crippen molar-refractivity contribution in [3.8, 4) is 0 Å². The Morgan fingerprint density at radius 2 is 1.50 bits per heavy atom. The quantitative estimate of drug-likeness (QED) is 0.262. The van der Waals surface area contributed by atoms with Crippen molar-refractivity contribution < 1.29 is 37.1 Å². The number of amides is 2. The zero-order valence-electron chi connectivity index (χ0n) is 19.8. The van der Waals surface area contributed by atoms with Gasteiger partial charge in [0.1, 0.15) is 0 Å². The first-order chi connectivity index (χ1) is 16.5. The molecule has 0 atom stereocenters. The van der Waals surface area contributed by atoms with Crippen molar-refractivity contribution in [2.75, 3.05) is 19.0 Å². The fourth-order valence-corrected chi connectivity index (χ4v) is 3.16. The molecule has 0 aliphatic heterocycles. The number of ketones is 1. The highest BCUT2D eigenvalue weighted by Crippen LogP contribution is 2.33. The van der Waals surface area contributed by atoms with E-state index in [1.165, 1.54) is 41.3 Å². The van der Waals surface area contributed by atoms with Gasteiger partial charge in [0.25, 0.3) is 5.91 Å². The molecular weight excluding hydrogens is 524 g/mol. The van der Waals surface area contributed by atoms with Gasteiger partial charge in [-0.2, -0.15) is 13.2 Å². The molecule has 0 aliphatic rings. The molecule has 0 radical (unpaired) electrons. The normalized spacial score (nSPS) is 11.6. The van der Waals surface area contributed by atoms with Crippen LogP contribution in [0.1, 0.15) is 36.2 Å². The van der Waals surface area contributed by atoms with Gasteiger partial charge in [0, 0.05) is 25.3 Å². The van der Waals surface area contributed by atoms with Gasteiger partial charge >= 0.3 is 12.1 Å². The van der Waals surface area contributed by atoms with Crippen molar-refractivity contribution >= 4 is 52.5 Å². The van der Waals surface area contributed by atoms with Crippen molar-refractivity contribution in [2.45, 2.75) is 38.6 Å². The van der Waals surface area contributed by atoms with E-state index in [-0.39, 0.29) is 28.2 Å². The Hall–Kier alpha value is -3.11. The van der Waals surface area contributed by atoms with Crippen LogP contribution in [-0.2, 0) is 25.7 Å². The molecular formula is C24H23Cl2F3N2O5. The number of nitrogens with zero attached hydrogens (tertiary/aromatic N) is 2. The van der Waals surface area contributed by atoms with Crippen molar-refractivity contribution in [3.05, 3.63) is 63.6 Å². The third-order valence-corrected chi connectivity index (χ3v) is 5.77. The van der Waals surface area contributed by atoms with E-state index < -0.39 is 35.9 Å². The number of rotatable bonds is 8. The molecule has 0 N–H and O–H groups in total. The summed E-state index contributed by atoms with van der Waals surface area (Å²) in [5.74, 6) is -4.41. The SMILES string of the molecule is CN(C)C(=O)c1ccc(N(Cc2ccc(Cl)c(Cl)c2)C(=O)CC(=O)C(=O)OC(C)(C)C(F)(F)F)cc1. The molecule has 0 bridgehead atoms. The number of alkyl halides is 3. The number of esters is 1. The van der Waals surface area contributed by atoms with Crippen LogP contribution in [0.3, 0.4) is 0 Å². The molecule has 7 nitrogen and oxygen atoms in total. The van der Waals surface area contributed by atoms with Crippen LogP contribution >= 0.6 is 23.2 Å². The highest BCUT2D eigenvalue weighted by molar-refractivity contribution is 6.42. The number of ether oxygens (including phenoxy) is 1. The molecule has 0 heterocycles. The zero-order valence-corrected chi connectivity index (χ0v) is 21.3. The summed E-state index contributed by atoms with van der Waals surface area (Å²) in [6.45, 7) is 1.06. The minimum atomic E-state index is -4.92. The number of hydrogen-bond acceptors (Lipinski definition) is 5. The number of benzene rings is 2. The number of carbonyl (C=O) groups excluding carboxylic acids is 4. The first-order valence-corrected chi connectivity index (χ1v) is 11.2. The predicted octanol–water partition coefficient (Wildman–Crippen LogP) is 5.07. The average molecular weight is 547 g/mol. The molecule has 36 heavy (non-hydrogen) atoms. The number of carbonyl (C=O) groups is 4. The molecule has 0 unspecified atom stereocenters. The highest BCUT2D eigenvalue weighted by Gasteiger charge is 2.51. The van der Waals surface area contributed by atoms with E-state index in [1.807, 2.05) is 0 Å². The number of hydrogen-bond donors (Lipinski definition) is 0. The minimum absolute atomic E-state index is 0.118. The molecule has 0 saturated heterocycles. The molecule has 12 heteroatoms. The largest absolute Gasteiger partial charge is 0.444 e.